The lowest BCUT2D eigenvalue weighted by Gasteiger charge is -2.36. The van der Waals surface area contributed by atoms with Crippen molar-refractivity contribution in [3.63, 3.8) is 0 Å². The number of hydrogen-bond donors (Lipinski definition) is 4. The Hall–Kier alpha value is -3.11. The number of rotatable bonds is 8. The van der Waals surface area contributed by atoms with Crippen molar-refractivity contribution in [1.29, 1.82) is 0 Å². The molecule has 9 nitrogen and oxygen atoms in total. The number of allylic oxidation sites excluding steroid dienone is 1. The van der Waals surface area contributed by atoms with Crippen molar-refractivity contribution in [3.8, 4) is 0 Å². The van der Waals surface area contributed by atoms with Gasteiger partial charge in [-0.2, -0.15) is 0 Å². The number of nitrogens with one attached hydrogen (secondary N) is 2. The molecule has 1 amide bonds. The molecule has 0 radical (unpaired) electrons. The number of aromatic nitrogens is 2. The Balaban J connectivity index is 1.82. The number of anilines is 2. The molecule has 6 N–H and O–H groups in total. The van der Waals surface area contributed by atoms with E-state index in [1.165, 1.54) is 11.8 Å². The first-order chi connectivity index (χ1) is 17.0. The van der Waals surface area contributed by atoms with Crippen LogP contribution in [0.4, 0.5) is 17.3 Å². The van der Waals surface area contributed by atoms with E-state index in [2.05, 4.69) is 46.3 Å². The number of nitrogens with zero attached hydrogens (tertiary/aromatic N) is 4. The largest absolute Gasteiger partial charge is 0.402 e. The van der Waals surface area contributed by atoms with Crippen LogP contribution in [0.5, 0.6) is 0 Å². The number of piperidine rings is 1. The molecule has 0 atom stereocenters. The Morgan fingerprint density at radius 3 is 2.44 bits per heavy atom. The second kappa shape index (κ2) is 12.2. The van der Waals surface area contributed by atoms with Gasteiger partial charge in [0.05, 0.1) is 0 Å². The maximum atomic E-state index is 11.6. The van der Waals surface area contributed by atoms with E-state index in [0.29, 0.717) is 35.0 Å². The van der Waals surface area contributed by atoms with E-state index in [-0.39, 0.29) is 11.4 Å². The second-order valence-electron chi connectivity index (χ2n) is 9.98. The van der Waals surface area contributed by atoms with Crippen LogP contribution in [-0.2, 0) is 4.79 Å². The predicted molar refractivity (Wildman–Crippen MR) is 149 cm³/mol. The minimum atomic E-state index is -0.0187. The summed E-state index contributed by atoms with van der Waals surface area (Å²) >= 11 is 1.44. The molecule has 0 spiro atoms. The molecule has 1 aromatic carbocycles. The van der Waals surface area contributed by atoms with Crippen molar-refractivity contribution in [2.45, 2.75) is 75.5 Å². The molecule has 0 unspecified atom stereocenters. The third-order valence-electron chi connectivity index (χ3n) is 5.42. The first-order valence-electron chi connectivity index (χ1n) is 12.3. The molecule has 36 heavy (non-hydrogen) atoms. The van der Waals surface area contributed by atoms with E-state index in [9.17, 15) is 4.79 Å². The van der Waals surface area contributed by atoms with Gasteiger partial charge in [0.1, 0.15) is 11.7 Å². The highest BCUT2D eigenvalue weighted by Crippen LogP contribution is 2.31. The van der Waals surface area contributed by atoms with Crippen molar-refractivity contribution >= 4 is 40.8 Å². The van der Waals surface area contributed by atoms with E-state index in [4.69, 9.17) is 16.5 Å². The first-order valence-corrected chi connectivity index (χ1v) is 13.1. The van der Waals surface area contributed by atoms with Crippen molar-refractivity contribution in [2.24, 2.45) is 16.5 Å². The molecule has 3 rings (SSSR count). The smallest absolute Gasteiger partial charge is 0.224 e. The lowest BCUT2D eigenvalue weighted by Crippen LogP contribution is -2.49. The fraction of sp³-hybridized carbons (Fsp3) is 0.462. The number of benzene rings is 1. The third kappa shape index (κ3) is 8.83. The number of aliphatic imine (C=N–C) groups is 1. The van der Waals surface area contributed by atoms with Gasteiger partial charge in [0.2, 0.25) is 5.91 Å². The minimum absolute atomic E-state index is 0.0187. The number of carbonyl (C=O) groups is 1. The van der Waals surface area contributed by atoms with Gasteiger partial charge < -0.3 is 27.0 Å². The molecule has 1 aromatic heterocycles. The molecule has 0 saturated carbocycles. The summed E-state index contributed by atoms with van der Waals surface area (Å²) in [6.07, 6.45) is 4.11. The van der Waals surface area contributed by atoms with Crippen LogP contribution in [0, 0.1) is 0 Å². The van der Waals surface area contributed by atoms with Gasteiger partial charge in [0.25, 0.3) is 0 Å². The van der Waals surface area contributed by atoms with Crippen LogP contribution in [0.25, 0.3) is 0 Å². The lowest BCUT2D eigenvalue weighted by atomic mass is 10.00. The van der Waals surface area contributed by atoms with Crippen LogP contribution in [0.15, 0.2) is 57.1 Å². The summed E-state index contributed by atoms with van der Waals surface area (Å²) in [5, 5.41) is 7.14. The molecule has 2 aromatic rings. The summed E-state index contributed by atoms with van der Waals surface area (Å²) in [6, 6.07) is 9.98. The number of amidine groups is 1. The molecule has 194 valence electrons. The SMILES string of the molecule is CCC(=O)Nc1ccc(Sc2nc(N=C(N)C=C(C)N)cc(N3CCC(NC(C)(C)C)CC3)n2)cc1. The van der Waals surface area contributed by atoms with Gasteiger partial charge in [0, 0.05) is 53.4 Å². The highest BCUT2D eigenvalue weighted by molar-refractivity contribution is 7.99. The Kier molecular flexibility index (Phi) is 9.33. The number of hydrogen-bond acceptors (Lipinski definition) is 8. The Morgan fingerprint density at radius 2 is 1.86 bits per heavy atom. The molecule has 1 aliphatic heterocycles. The second-order valence-corrected chi connectivity index (χ2v) is 11.0. The summed E-state index contributed by atoms with van der Waals surface area (Å²) in [5.41, 5.74) is 13.2. The van der Waals surface area contributed by atoms with E-state index in [1.54, 1.807) is 13.0 Å². The average molecular weight is 511 g/mol. The molecule has 1 saturated heterocycles. The van der Waals surface area contributed by atoms with Gasteiger partial charge in [-0.3, -0.25) is 4.79 Å². The molecule has 1 aliphatic rings. The Bertz CT molecular complexity index is 1100. The van der Waals surface area contributed by atoms with Crippen molar-refractivity contribution < 1.29 is 4.79 Å². The van der Waals surface area contributed by atoms with E-state index in [1.807, 2.05) is 37.3 Å². The van der Waals surface area contributed by atoms with Crippen LogP contribution < -0.4 is 27.0 Å². The zero-order valence-corrected chi connectivity index (χ0v) is 22.7. The minimum Gasteiger partial charge on any atom is -0.402 e. The summed E-state index contributed by atoms with van der Waals surface area (Å²) in [7, 11) is 0. The maximum Gasteiger partial charge on any atom is 0.224 e. The fourth-order valence-electron chi connectivity index (χ4n) is 3.89. The highest BCUT2D eigenvalue weighted by atomic mass is 32.2. The average Bonchev–Trinajstić information content (AvgIpc) is 2.79. The summed E-state index contributed by atoms with van der Waals surface area (Å²) in [4.78, 5) is 28.8. The van der Waals surface area contributed by atoms with E-state index < -0.39 is 0 Å². The molecule has 0 bridgehead atoms. The van der Waals surface area contributed by atoms with Gasteiger partial charge in [-0.25, -0.2) is 15.0 Å². The van der Waals surface area contributed by atoms with Gasteiger partial charge in [-0.1, -0.05) is 6.92 Å². The van der Waals surface area contributed by atoms with Crippen LogP contribution in [0.2, 0.25) is 0 Å². The molecule has 2 heterocycles. The van der Waals surface area contributed by atoms with Gasteiger partial charge in [-0.15, -0.1) is 0 Å². The topological polar surface area (TPSA) is 135 Å². The Labute approximate surface area is 218 Å². The number of amides is 1. The monoisotopic (exact) mass is 510 g/mol. The Morgan fingerprint density at radius 1 is 1.19 bits per heavy atom. The molecular formula is C26H38N8OS. The summed E-state index contributed by atoms with van der Waals surface area (Å²) in [5.74, 6) is 1.59. The standard InChI is InChI=1S/C26H38N8OS/c1-6-24(35)29-18-7-9-20(10-8-18)36-25-31-22(30-21(28)15-17(2)27)16-23(32-25)34-13-11-19(12-14-34)33-26(3,4)5/h7-10,15-16,19,33H,6,11-14,27H2,1-5H3,(H,29,35)(H2,28,30,31,32). The van der Waals surface area contributed by atoms with E-state index >= 15 is 0 Å². The lowest BCUT2D eigenvalue weighted by molar-refractivity contribution is -0.115. The van der Waals surface area contributed by atoms with Crippen LogP contribution in [0.1, 0.15) is 53.9 Å². The maximum absolute atomic E-state index is 11.6. The molecule has 1 fully saturated rings. The molecular weight excluding hydrogens is 472 g/mol. The van der Waals surface area contributed by atoms with Crippen molar-refractivity contribution in [1.82, 2.24) is 15.3 Å². The predicted octanol–water partition coefficient (Wildman–Crippen LogP) is 4.18. The van der Waals surface area contributed by atoms with Gasteiger partial charge in [-0.05, 0) is 82.6 Å². The highest BCUT2D eigenvalue weighted by Gasteiger charge is 2.24. The van der Waals surface area contributed by atoms with Crippen LogP contribution in [0.3, 0.4) is 0 Å². The fourth-order valence-corrected chi connectivity index (χ4v) is 4.65. The van der Waals surface area contributed by atoms with Gasteiger partial charge >= 0.3 is 0 Å². The zero-order chi connectivity index (χ0) is 26.3. The van der Waals surface area contributed by atoms with Crippen molar-refractivity contribution in [2.75, 3.05) is 23.3 Å². The molecule has 10 heteroatoms. The number of carbonyl (C=O) groups excluding carboxylic acids is 1. The number of nitrogens with two attached hydrogens (primary N) is 2. The van der Waals surface area contributed by atoms with E-state index in [0.717, 1.165) is 42.3 Å². The zero-order valence-electron chi connectivity index (χ0n) is 21.8. The molecule has 0 aliphatic carbocycles. The summed E-state index contributed by atoms with van der Waals surface area (Å²) < 4.78 is 0. The first kappa shape index (κ1) is 27.5. The van der Waals surface area contributed by atoms with Gasteiger partial charge in [0.15, 0.2) is 11.0 Å². The summed E-state index contributed by atoms with van der Waals surface area (Å²) in [6.45, 7) is 12.0. The van der Waals surface area contributed by atoms with Crippen molar-refractivity contribution in [3.05, 3.63) is 42.1 Å². The quantitative estimate of drug-likeness (QED) is 0.236. The van der Waals surface area contributed by atoms with Crippen LogP contribution in [-0.4, -0.2) is 46.4 Å². The normalized spacial score (nSPS) is 15.8. The third-order valence-corrected chi connectivity index (χ3v) is 6.30. The van der Waals surface area contributed by atoms with Crippen LogP contribution >= 0.6 is 11.8 Å².